The highest BCUT2D eigenvalue weighted by molar-refractivity contribution is 7.09. The number of hydrogen-bond donors (Lipinski definition) is 0. The molecule has 2 nitrogen and oxygen atoms in total. The van der Waals surface area contributed by atoms with Gasteiger partial charge in [-0.2, -0.15) is 0 Å². The van der Waals surface area contributed by atoms with E-state index in [1.807, 2.05) is 10.8 Å². The average Bonchev–Trinajstić information content (AvgIpc) is 2.33. The number of thiophene rings is 1. The molecule has 0 atom stereocenters. The van der Waals surface area contributed by atoms with E-state index < -0.39 is 0 Å². The van der Waals surface area contributed by atoms with Gasteiger partial charge in [0.1, 0.15) is 0 Å². The zero-order valence-corrected chi connectivity index (χ0v) is 5.43. The van der Waals surface area contributed by atoms with Gasteiger partial charge in [0, 0.05) is 23.2 Å². The fraction of sp³-hybridized carbons (Fsp3) is 0. The molecule has 0 saturated heterocycles. The molecule has 2 heterocycles. The summed E-state index contributed by atoms with van der Waals surface area (Å²) in [6, 6.07) is 0. The number of nitrogens with zero attached hydrogens (tertiary/aromatic N) is 2. The maximum atomic E-state index is 4.09. The molecule has 0 aliphatic carbocycles. The first-order valence-electron chi connectivity index (χ1n) is 2.60. The van der Waals surface area contributed by atoms with E-state index in [0.717, 1.165) is 11.0 Å². The molecule has 0 aliphatic heterocycles. The second kappa shape index (κ2) is 1.77. The summed E-state index contributed by atoms with van der Waals surface area (Å²) in [5.41, 5.74) is 1.98. The summed E-state index contributed by atoms with van der Waals surface area (Å²) in [6.07, 6.45) is 3.41. The van der Waals surface area contributed by atoms with Crippen molar-refractivity contribution in [3.8, 4) is 0 Å². The van der Waals surface area contributed by atoms with Gasteiger partial charge in [-0.15, -0.1) is 11.3 Å². The molecular formula is C6H4N2S. The van der Waals surface area contributed by atoms with Crippen LogP contribution in [0.15, 0.2) is 23.2 Å². The van der Waals surface area contributed by atoms with E-state index in [1.165, 1.54) is 0 Å². The Bertz CT molecular complexity index is 285. The summed E-state index contributed by atoms with van der Waals surface area (Å²) in [5.74, 6) is 0. The van der Waals surface area contributed by atoms with Crippen LogP contribution in [0.2, 0.25) is 0 Å². The van der Waals surface area contributed by atoms with Crippen LogP contribution in [-0.2, 0) is 0 Å². The third kappa shape index (κ3) is 0.695. The van der Waals surface area contributed by atoms with E-state index in [4.69, 9.17) is 0 Å². The normalized spacial score (nSPS) is 10.2. The molecule has 0 fully saturated rings. The van der Waals surface area contributed by atoms with Crippen LogP contribution in [0.25, 0.3) is 11.0 Å². The fourth-order valence-corrected chi connectivity index (χ4v) is 1.39. The lowest BCUT2D eigenvalue weighted by Gasteiger charge is -1.81. The van der Waals surface area contributed by atoms with Crippen LogP contribution < -0.4 is 0 Å². The standard InChI is InChI=1S/C6H4N2S/c1-2-8-6-4-9-3-5(6)7-1/h1-4H. The lowest BCUT2D eigenvalue weighted by atomic mass is 10.5. The number of aromatic nitrogens is 2. The largest absolute Gasteiger partial charge is 0.252 e. The smallest absolute Gasteiger partial charge is 0.0993 e. The number of rotatable bonds is 0. The molecule has 0 unspecified atom stereocenters. The minimum atomic E-state index is 0.988. The van der Waals surface area contributed by atoms with Gasteiger partial charge in [-0.05, 0) is 0 Å². The van der Waals surface area contributed by atoms with Crippen molar-refractivity contribution in [3.63, 3.8) is 0 Å². The highest BCUT2D eigenvalue weighted by Gasteiger charge is 1.90. The summed E-state index contributed by atoms with van der Waals surface area (Å²) in [6.45, 7) is 0. The van der Waals surface area contributed by atoms with Crippen molar-refractivity contribution in [2.45, 2.75) is 0 Å². The summed E-state index contributed by atoms with van der Waals surface area (Å²) in [5, 5.41) is 3.98. The molecule has 0 aliphatic rings. The molecule has 9 heavy (non-hydrogen) atoms. The Morgan fingerprint density at radius 3 is 2.11 bits per heavy atom. The number of fused-ring (bicyclic) bond motifs is 1. The first-order valence-corrected chi connectivity index (χ1v) is 3.54. The molecule has 2 aromatic heterocycles. The van der Waals surface area contributed by atoms with E-state index in [2.05, 4.69) is 9.97 Å². The second-order valence-corrected chi connectivity index (χ2v) is 2.44. The summed E-state index contributed by atoms with van der Waals surface area (Å²) in [4.78, 5) is 8.18. The van der Waals surface area contributed by atoms with Crippen LogP contribution >= 0.6 is 11.3 Å². The van der Waals surface area contributed by atoms with Crippen molar-refractivity contribution < 1.29 is 0 Å². The molecule has 0 spiro atoms. The predicted octanol–water partition coefficient (Wildman–Crippen LogP) is 1.69. The Balaban J connectivity index is 2.95. The Morgan fingerprint density at radius 2 is 1.56 bits per heavy atom. The van der Waals surface area contributed by atoms with E-state index in [-0.39, 0.29) is 0 Å². The van der Waals surface area contributed by atoms with Crippen molar-refractivity contribution >= 4 is 22.4 Å². The van der Waals surface area contributed by atoms with Crippen molar-refractivity contribution in [1.29, 1.82) is 0 Å². The summed E-state index contributed by atoms with van der Waals surface area (Å²) < 4.78 is 0. The van der Waals surface area contributed by atoms with E-state index in [0.29, 0.717) is 0 Å². The molecule has 0 radical (unpaired) electrons. The molecule has 0 aromatic carbocycles. The molecule has 0 saturated carbocycles. The van der Waals surface area contributed by atoms with Crippen LogP contribution in [0.1, 0.15) is 0 Å². The van der Waals surface area contributed by atoms with Crippen molar-refractivity contribution in [2.75, 3.05) is 0 Å². The lowest BCUT2D eigenvalue weighted by molar-refractivity contribution is 1.31. The van der Waals surface area contributed by atoms with E-state index in [9.17, 15) is 0 Å². The SMILES string of the molecule is c1cnc2cscc2n1. The summed E-state index contributed by atoms with van der Waals surface area (Å²) >= 11 is 1.63. The molecule has 0 N–H and O–H groups in total. The predicted molar refractivity (Wildman–Crippen MR) is 37.4 cm³/mol. The fourth-order valence-electron chi connectivity index (χ4n) is 0.704. The van der Waals surface area contributed by atoms with Gasteiger partial charge in [0.2, 0.25) is 0 Å². The van der Waals surface area contributed by atoms with Crippen LogP contribution in [0.3, 0.4) is 0 Å². The molecule has 0 bridgehead atoms. The Hall–Kier alpha value is -0.960. The average molecular weight is 136 g/mol. The van der Waals surface area contributed by atoms with Crippen molar-refractivity contribution in [3.05, 3.63) is 23.2 Å². The van der Waals surface area contributed by atoms with Crippen molar-refractivity contribution in [1.82, 2.24) is 9.97 Å². The van der Waals surface area contributed by atoms with Crippen LogP contribution in [0.4, 0.5) is 0 Å². The van der Waals surface area contributed by atoms with Crippen LogP contribution in [-0.4, -0.2) is 9.97 Å². The van der Waals surface area contributed by atoms with Gasteiger partial charge in [-0.25, -0.2) is 0 Å². The highest BCUT2D eigenvalue weighted by atomic mass is 32.1. The minimum absolute atomic E-state index is 0.988. The van der Waals surface area contributed by atoms with Crippen LogP contribution in [0, 0.1) is 0 Å². The maximum absolute atomic E-state index is 4.09. The van der Waals surface area contributed by atoms with Gasteiger partial charge in [-0.1, -0.05) is 0 Å². The van der Waals surface area contributed by atoms with Crippen molar-refractivity contribution in [2.24, 2.45) is 0 Å². The molecule has 0 amide bonds. The first-order chi connectivity index (χ1) is 4.47. The van der Waals surface area contributed by atoms with Gasteiger partial charge in [0.15, 0.2) is 0 Å². The molecule has 44 valence electrons. The molecular weight excluding hydrogens is 132 g/mol. The van der Waals surface area contributed by atoms with Gasteiger partial charge < -0.3 is 0 Å². The first kappa shape index (κ1) is 4.88. The van der Waals surface area contributed by atoms with Gasteiger partial charge in [0.25, 0.3) is 0 Å². The van der Waals surface area contributed by atoms with Gasteiger partial charge >= 0.3 is 0 Å². The topological polar surface area (TPSA) is 25.8 Å². The quantitative estimate of drug-likeness (QED) is 0.550. The lowest BCUT2D eigenvalue weighted by Crippen LogP contribution is -1.73. The third-order valence-electron chi connectivity index (χ3n) is 1.12. The zero-order valence-electron chi connectivity index (χ0n) is 4.61. The monoisotopic (exact) mass is 136 g/mol. The molecule has 2 aromatic rings. The molecule has 3 heteroatoms. The van der Waals surface area contributed by atoms with E-state index in [1.54, 1.807) is 23.7 Å². The van der Waals surface area contributed by atoms with Crippen LogP contribution in [0.5, 0.6) is 0 Å². The summed E-state index contributed by atoms with van der Waals surface area (Å²) in [7, 11) is 0. The number of hydrogen-bond acceptors (Lipinski definition) is 3. The Kier molecular flexibility index (Phi) is 0.960. The Labute approximate surface area is 56.2 Å². The zero-order chi connectivity index (χ0) is 6.10. The Morgan fingerprint density at radius 1 is 1.00 bits per heavy atom. The van der Waals surface area contributed by atoms with E-state index >= 15 is 0 Å². The maximum Gasteiger partial charge on any atom is 0.0993 e. The van der Waals surface area contributed by atoms with Gasteiger partial charge in [-0.3, -0.25) is 9.97 Å². The highest BCUT2D eigenvalue weighted by Crippen LogP contribution is 2.11. The minimum Gasteiger partial charge on any atom is -0.252 e. The second-order valence-electron chi connectivity index (χ2n) is 1.70. The van der Waals surface area contributed by atoms with Gasteiger partial charge in [0.05, 0.1) is 11.0 Å². The molecule has 2 rings (SSSR count). The third-order valence-corrected chi connectivity index (χ3v) is 1.83.